The highest BCUT2D eigenvalue weighted by atomic mass is 19.1. The van der Waals surface area contributed by atoms with Gasteiger partial charge in [0, 0.05) is 18.7 Å². The van der Waals surface area contributed by atoms with Gasteiger partial charge in [0.25, 0.3) is 5.91 Å². The van der Waals surface area contributed by atoms with Gasteiger partial charge in [-0.3, -0.25) is 14.3 Å². The molecule has 1 aromatic carbocycles. The van der Waals surface area contributed by atoms with E-state index in [2.05, 4.69) is 10.4 Å². The first kappa shape index (κ1) is 22.4. The number of benzene rings is 1. The van der Waals surface area contributed by atoms with Crippen LogP contribution in [0.5, 0.6) is 0 Å². The zero-order chi connectivity index (χ0) is 23.7. The minimum Gasteiger partial charge on any atom is -0.463 e. The Morgan fingerprint density at radius 2 is 1.97 bits per heavy atom. The number of amides is 2. The topological polar surface area (TPSA) is 80.4 Å². The van der Waals surface area contributed by atoms with Gasteiger partial charge in [-0.1, -0.05) is 37.8 Å². The molecule has 0 saturated heterocycles. The minimum absolute atomic E-state index is 0.0932. The first-order valence-electron chi connectivity index (χ1n) is 11.9. The molecule has 1 N–H and O–H groups in total. The van der Waals surface area contributed by atoms with Crippen LogP contribution in [0, 0.1) is 5.82 Å². The molecule has 3 aromatic rings. The SMILES string of the molecule is C[C@@]1(C(=O)NC2CCCCCC2)Cn2nc(-c3ccco3)cc2C(=O)N1Cc1cccc(F)c1. The molecule has 5 rings (SSSR count). The molecule has 178 valence electrons. The van der Waals surface area contributed by atoms with Gasteiger partial charge in [-0.25, -0.2) is 4.39 Å². The summed E-state index contributed by atoms with van der Waals surface area (Å²) in [7, 11) is 0. The van der Waals surface area contributed by atoms with Crippen molar-refractivity contribution in [2.75, 3.05) is 0 Å². The van der Waals surface area contributed by atoms with Gasteiger partial charge in [-0.05, 0) is 49.6 Å². The lowest BCUT2D eigenvalue weighted by atomic mass is 9.93. The van der Waals surface area contributed by atoms with Crippen molar-refractivity contribution in [3.63, 3.8) is 0 Å². The zero-order valence-electron chi connectivity index (χ0n) is 19.3. The molecule has 0 unspecified atom stereocenters. The third-order valence-corrected chi connectivity index (χ3v) is 6.98. The molecule has 1 atom stereocenters. The summed E-state index contributed by atoms with van der Waals surface area (Å²) in [6, 6.07) is 11.5. The molecule has 7 nitrogen and oxygen atoms in total. The number of hydrogen-bond donors (Lipinski definition) is 1. The Balaban J connectivity index is 1.50. The monoisotopic (exact) mass is 464 g/mol. The Hall–Kier alpha value is -3.42. The Bertz CT molecular complexity index is 1180. The molecule has 2 aliphatic rings. The lowest BCUT2D eigenvalue weighted by Crippen LogP contribution is -2.64. The van der Waals surface area contributed by atoms with Crippen LogP contribution in [0.2, 0.25) is 0 Å². The molecule has 8 heteroatoms. The lowest BCUT2D eigenvalue weighted by Gasteiger charge is -2.44. The Labute approximate surface area is 197 Å². The van der Waals surface area contributed by atoms with E-state index >= 15 is 0 Å². The second-order valence-electron chi connectivity index (χ2n) is 9.51. The summed E-state index contributed by atoms with van der Waals surface area (Å²) >= 11 is 0. The minimum atomic E-state index is -1.19. The van der Waals surface area contributed by atoms with Crippen LogP contribution in [0.15, 0.2) is 53.1 Å². The molecule has 0 spiro atoms. The molecular formula is C26H29FN4O3. The quantitative estimate of drug-likeness (QED) is 0.563. The maximum atomic E-state index is 13.9. The van der Waals surface area contributed by atoms with Crippen molar-refractivity contribution in [1.29, 1.82) is 0 Å². The normalized spacial score (nSPS) is 21.2. The average Bonchev–Trinajstić information content (AvgIpc) is 3.42. The van der Waals surface area contributed by atoms with E-state index in [-0.39, 0.29) is 36.8 Å². The molecular weight excluding hydrogens is 435 g/mol. The number of fused-ring (bicyclic) bond motifs is 1. The van der Waals surface area contributed by atoms with Crippen LogP contribution >= 0.6 is 0 Å². The third-order valence-electron chi connectivity index (χ3n) is 6.98. The van der Waals surface area contributed by atoms with Gasteiger partial charge >= 0.3 is 0 Å². The first-order valence-corrected chi connectivity index (χ1v) is 11.9. The van der Waals surface area contributed by atoms with Gasteiger partial charge in [0.05, 0.1) is 12.8 Å². The van der Waals surface area contributed by atoms with E-state index in [4.69, 9.17) is 4.42 Å². The highest BCUT2D eigenvalue weighted by Crippen LogP contribution is 2.32. The van der Waals surface area contributed by atoms with Crippen molar-refractivity contribution in [2.24, 2.45) is 0 Å². The van der Waals surface area contributed by atoms with Crippen molar-refractivity contribution in [1.82, 2.24) is 20.0 Å². The molecule has 34 heavy (non-hydrogen) atoms. The molecule has 0 bridgehead atoms. The van der Waals surface area contributed by atoms with Gasteiger partial charge in [0.2, 0.25) is 5.91 Å². The number of halogens is 1. The van der Waals surface area contributed by atoms with Crippen molar-refractivity contribution >= 4 is 11.8 Å². The van der Waals surface area contributed by atoms with Crippen LogP contribution in [0.25, 0.3) is 11.5 Å². The van der Waals surface area contributed by atoms with Crippen molar-refractivity contribution in [3.8, 4) is 11.5 Å². The van der Waals surface area contributed by atoms with Crippen molar-refractivity contribution in [3.05, 3.63) is 65.8 Å². The van der Waals surface area contributed by atoms with E-state index in [0.717, 1.165) is 25.7 Å². The smallest absolute Gasteiger partial charge is 0.273 e. The zero-order valence-corrected chi connectivity index (χ0v) is 19.3. The summed E-state index contributed by atoms with van der Waals surface area (Å²) in [6.45, 7) is 2.09. The Morgan fingerprint density at radius 1 is 1.18 bits per heavy atom. The van der Waals surface area contributed by atoms with E-state index < -0.39 is 5.54 Å². The van der Waals surface area contributed by atoms with Crippen molar-refractivity contribution < 1.29 is 18.4 Å². The van der Waals surface area contributed by atoms with Gasteiger partial charge in [0.1, 0.15) is 22.7 Å². The number of nitrogens with one attached hydrogen (secondary N) is 1. The van der Waals surface area contributed by atoms with Crippen LogP contribution < -0.4 is 5.32 Å². The highest BCUT2D eigenvalue weighted by Gasteiger charge is 2.48. The van der Waals surface area contributed by atoms with Crippen molar-refractivity contribution in [2.45, 2.75) is 70.1 Å². The maximum Gasteiger partial charge on any atom is 0.273 e. The van der Waals surface area contributed by atoms with Gasteiger partial charge < -0.3 is 14.6 Å². The number of carbonyl (C=O) groups excluding carboxylic acids is 2. The molecule has 2 aromatic heterocycles. The summed E-state index contributed by atoms with van der Waals surface area (Å²) in [4.78, 5) is 29.0. The number of nitrogens with zero attached hydrogens (tertiary/aromatic N) is 3. The van der Waals surface area contributed by atoms with E-state index in [9.17, 15) is 14.0 Å². The largest absolute Gasteiger partial charge is 0.463 e. The lowest BCUT2D eigenvalue weighted by molar-refractivity contribution is -0.134. The van der Waals surface area contributed by atoms with Gasteiger partial charge in [-0.15, -0.1) is 0 Å². The molecule has 1 saturated carbocycles. The van der Waals surface area contributed by atoms with Crippen LogP contribution in [0.1, 0.15) is 61.5 Å². The predicted octanol–water partition coefficient (Wildman–Crippen LogP) is 4.54. The summed E-state index contributed by atoms with van der Waals surface area (Å²) in [5, 5.41) is 7.79. The molecule has 1 fully saturated rings. The Morgan fingerprint density at radius 3 is 2.68 bits per heavy atom. The Kier molecular flexibility index (Phi) is 5.98. The van der Waals surface area contributed by atoms with Crippen LogP contribution in [-0.2, 0) is 17.9 Å². The summed E-state index contributed by atoms with van der Waals surface area (Å²) in [5.74, 6) is -0.350. The fraction of sp³-hybridized carbons (Fsp3) is 0.423. The fourth-order valence-electron chi connectivity index (χ4n) is 5.02. The third kappa shape index (κ3) is 4.24. The number of carbonyl (C=O) groups is 2. The number of aromatic nitrogens is 2. The van der Waals surface area contributed by atoms with E-state index in [1.165, 1.54) is 25.0 Å². The summed E-state index contributed by atoms with van der Waals surface area (Å²) in [5.41, 5.74) is 0.353. The van der Waals surface area contributed by atoms with E-state index in [0.29, 0.717) is 22.7 Å². The van der Waals surface area contributed by atoms with E-state index in [1.807, 2.05) is 0 Å². The summed E-state index contributed by atoms with van der Waals surface area (Å²) < 4.78 is 21.0. The van der Waals surface area contributed by atoms with Gasteiger partial charge in [0.15, 0.2) is 5.76 Å². The average molecular weight is 465 g/mol. The fourth-order valence-corrected chi connectivity index (χ4v) is 5.02. The highest BCUT2D eigenvalue weighted by molar-refractivity contribution is 6.00. The van der Waals surface area contributed by atoms with Crippen LogP contribution in [0.3, 0.4) is 0 Å². The van der Waals surface area contributed by atoms with Gasteiger partial charge in [-0.2, -0.15) is 5.10 Å². The second-order valence-corrected chi connectivity index (χ2v) is 9.51. The molecule has 0 radical (unpaired) electrons. The number of furan rings is 1. The molecule has 1 aliphatic carbocycles. The second kappa shape index (κ2) is 9.08. The molecule has 2 amide bonds. The molecule has 3 heterocycles. The summed E-state index contributed by atoms with van der Waals surface area (Å²) in [6.07, 6.45) is 7.97. The van der Waals surface area contributed by atoms with Crippen LogP contribution in [-0.4, -0.2) is 38.1 Å². The molecule has 1 aliphatic heterocycles. The standard InChI is InChI=1S/C26H29FN4O3/c1-26(25(33)28-20-10-4-2-3-5-11-20)17-31-22(15-21(29-31)23-12-7-13-34-23)24(32)30(26)16-18-8-6-9-19(27)14-18/h6-9,12-15,20H,2-5,10-11,16-17H2,1H3,(H,28,33)/t26-/m0/s1. The number of rotatable bonds is 5. The number of hydrogen-bond acceptors (Lipinski definition) is 4. The maximum absolute atomic E-state index is 13.9. The first-order chi connectivity index (χ1) is 16.4. The van der Waals surface area contributed by atoms with Crippen LogP contribution in [0.4, 0.5) is 4.39 Å². The van der Waals surface area contributed by atoms with E-state index in [1.54, 1.807) is 53.1 Å². The predicted molar refractivity (Wildman–Crippen MR) is 124 cm³/mol.